The van der Waals surface area contributed by atoms with Crippen molar-refractivity contribution in [1.82, 2.24) is 4.98 Å². The predicted octanol–water partition coefficient (Wildman–Crippen LogP) is 3.13. The number of rotatable bonds is 5. The van der Waals surface area contributed by atoms with Gasteiger partial charge in [0.05, 0.1) is 16.8 Å². The van der Waals surface area contributed by atoms with Crippen LogP contribution in [0.15, 0.2) is 84.0 Å². The molecule has 0 aliphatic carbocycles. The number of nitrogens with one attached hydrogen (secondary N) is 2. The van der Waals surface area contributed by atoms with Crippen LogP contribution in [0.5, 0.6) is 0 Å². The lowest BCUT2D eigenvalue weighted by Gasteiger charge is -2.09. The third-order valence-corrected chi connectivity index (χ3v) is 4.77. The Morgan fingerprint density at radius 1 is 0.840 bits per heavy atom. The Hall–Kier alpha value is -3.19. The molecular formula is C18H15N3O3S. The lowest BCUT2D eigenvalue weighted by Crippen LogP contribution is -2.14. The summed E-state index contributed by atoms with van der Waals surface area (Å²) in [6.07, 6.45) is 2.97. The summed E-state index contributed by atoms with van der Waals surface area (Å²) >= 11 is 0. The molecule has 0 bridgehead atoms. The average molecular weight is 353 g/mol. The Morgan fingerprint density at radius 3 is 2.16 bits per heavy atom. The lowest BCUT2D eigenvalue weighted by atomic mass is 10.2. The standard InChI is InChI=1S/C18H15N3O3S/c22-18(20-15-5-2-1-3-6-15)14-8-10-17(11-9-14)25(23,24)21-16-7-4-12-19-13-16/h1-13,21H,(H,20,22). The zero-order valence-electron chi connectivity index (χ0n) is 13.1. The van der Waals surface area contributed by atoms with Crippen molar-refractivity contribution in [2.24, 2.45) is 0 Å². The van der Waals surface area contributed by atoms with Crippen molar-refractivity contribution in [2.45, 2.75) is 4.90 Å². The number of hydrogen-bond acceptors (Lipinski definition) is 4. The van der Waals surface area contributed by atoms with E-state index in [2.05, 4.69) is 15.0 Å². The van der Waals surface area contributed by atoms with Gasteiger partial charge in [-0.05, 0) is 48.5 Å². The number of sulfonamides is 1. The molecule has 1 heterocycles. The molecule has 2 aromatic carbocycles. The number of carbonyl (C=O) groups excluding carboxylic acids is 1. The van der Waals surface area contributed by atoms with Crippen LogP contribution in [0.1, 0.15) is 10.4 Å². The van der Waals surface area contributed by atoms with E-state index in [0.717, 1.165) is 0 Å². The number of anilines is 2. The van der Waals surface area contributed by atoms with Crippen LogP contribution in [0.3, 0.4) is 0 Å². The number of pyridine rings is 1. The van der Waals surface area contributed by atoms with Gasteiger partial charge >= 0.3 is 0 Å². The molecule has 6 nitrogen and oxygen atoms in total. The molecule has 1 aromatic heterocycles. The Bertz CT molecular complexity index is 957. The highest BCUT2D eigenvalue weighted by atomic mass is 32.2. The first-order valence-corrected chi connectivity index (χ1v) is 8.92. The maximum Gasteiger partial charge on any atom is 0.261 e. The fraction of sp³-hybridized carbons (Fsp3) is 0. The Balaban J connectivity index is 1.74. The van der Waals surface area contributed by atoms with Crippen molar-refractivity contribution >= 4 is 27.3 Å². The van der Waals surface area contributed by atoms with Gasteiger partial charge in [-0.3, -0.25) is 14.5 Å². The van der Waals surface area contributed by atoms with E-state index in [1.165, 1.54) is 30.5 Å². The summed E-state index contributed by atoms with van der Waals surface area (Å²) in [5, 5.41) is 2.74. The molecule has 0 radical (unpaired) electrons. The number of para-hydroxylation sites is 1. The smallest absolute Gasteiger partial charge is 0.261 e. The first kappa shape index (κ1) is 16.7. The van der Waals surface area contributed by atoms with Crippen LogP contribution in [0.4, 0.5) is 11.4 Å². The summed E-state index contributed by atoms with van der Waals surface area (Å²) in [4.78, 5) is 16.1. The minimum absolute atomic E-state index is 0.0626. The maximum absolute atomic E-state index is 12.3. The molecule has 0 atom stereocenters. The summed E-state index contributed by atoms with van der Waals surface area (Å²) < 4.78 is 27.1. The molecule has 0 saturated heterocycles. The molecule has 0 spiro atoms. The monoisotopic (exact) mass is 353 g/mol. The molecule has 2 N–H and O–H groups in total. The van der Waals surface area contributed by atoms with E-state index in [4.69, 9.17) is 0 Å². The van der Waals surface area contributed by atoms with Gasteiger partial charge in [0.2, 0.25) is 0 Å². The third kappa shape index (κ3) is 4.21. The molecule has 0 unspecified atom stereocenters. The number of aromatic nitrogens is 1. The highest BCUT2D eigenvalue weighted by Gasteiger charge is 2.15. The highest BCUT2D eigenvalue weighted by molar-refractivity contribution is 7.92. The van der Waals surface area contributed by atoms with Gasteiger partial charge in [0, 0.05) is 17.4 Å². The van der Waals surface area contributed by atoms with Crippen molar-refractivity contribution in [1.29, 1.82) is 0 Å². The molecule has 126 valence electrons. The van der Waals surface area contributed by atoms with Gasteiger partial charge < -0.3 is 5.32 Å². The SMILES string of the molecule is O=C(Nc1ccccc1)c1ccc(S(=O)(=O)Nc2cccnc2)cc1. The number of hydrogen-bond donors (Lipinski definition) is 2. The summed E-state index contributed by atoms with van der Waals surface area (Å²) in [7, 11) is -3.74. The van der Waals surface area contributed by atoms with E-state index < -0.39 is 10.0 Å². The maximum atomic E-state index is 12.3. The first-order valence-electron chi connectivity index (χ1n) is 7.44. The average Bonchev–Trinajstić information content (AvgIpc) is 2.63. The minimum atomic E-state index is -3.74. The van der Waals surface area contributed by atoms with Gasteiger partial charge in [0.25, 0.3) is 15.9 Å². The van der Waals surface area contributed by atoms with Crippen molar-refractivity contribution < 1.29 is 13.2 Å². The first-order chi connectivity index (χ1) is 12.0. The summed E-state index contributed by atoms with van der Waals surface area (Å²) in [5.41, 5.74) is 1.40. The summed E-state index contributed by atoms with van der Waals surface area (Å²) in [6.45, 7) is 0. The predicted molar refractivity (Wildman–Crippen MR) is 95.9 cm³/mol. The van der Waals surface area contributed by atoms with Crippen LogP contribution in [0, 0.1) is 0 Å². The summed E-state index contributed by atoms with van der Waals surface area (Å²) in [6, 6.07) is 18.0. The van der Waals surface area contributed by atoms with Gasteiger partial charge in [0.15, 0.2) is 0 Å². The molecule has 7 heteroatoms. The number of carbonyl (C=O) groups is 1. The van der Waals surface area contributed by atoms with Crippen LogP contribution in [-0.4, -0.2) is 19.3 Å². The van der Waals surface area contributed by atoms with Crippen LogP contribution in [-0.2, 0) is 10.0 Å². The van der Waals surface area contributed by atoms with Crippen LogP contribution in [0.2, 0.25) is 0 Å². The fourth-order valence-corrected chi connectivity index (χ4v) is 3.19. The largest absolute Gasteiger partial charge is 0.322 e. The van der Waals surface area contributed by atoms with E-state index in [-0.39, 0.29) is 10.8 Å². The topological polar surface area (TPSA) is 88.2 Å². The van der Waals surface area contributed by atoms with Gasteiger partial charge in [0.1, 0.15) is 0 Å². The zero-order chi connectivity index (χ0) is 17.7. The van der Waals surface area contributed by atoms with Gasteiger partial charge in [-0.1, -0.05) is 18.2 Å². The zero-order valence-corrected chi connectivity index (χ0v) is 13.9. The van der Waals surface area contributed by atoms with E-state index in [0.29, 0.717) is 16.9 Å². The number of nitrogens with zero attached hydrogens (tertiary/aromatic N) is 1. The van der Waals surface area contributed by atoms with E-state index in [1.807, 2.05) is 18.2 Å². The van der Waals surface area contributed by atoms with Crippen molar-refractivity contribution in [3.8, 4) is 0 Å². The van der Waals surface area contributed by atoms with Gasteiger partial charge in [-0.15, -0.1) is 0 Å². The van der Waals surface area contributed by atoms with Crippen molar-refractivity contribution in [3.63, 3.8) is 0 Å². The third-order valence-electron chi connectivity index (χ3n) is 3.37. The molecule has 0 aliphatic rings. The van der Waals surface area contributed by atoms with Gasteiger partial charge in [-0.2, -0.15) is 0 Å². The number of amides is 1. The Morgan fingerprint density at radius 2 is 1.52 bits per heavy atom. The second kappa shape index (κ2) is 7.14. The molecule has 0 fully saturated rings. The molecule has 1 amide bonds. The normalized spacial score (nSPS) is 10.9. The molecular weight excluding hydrogens is 338 g/mol. The van der Waals surface area contributed by atoms with Crippen molar-refractivity contribution in [2.75, 3.05) is 10.0 Å². The molecule has 3 rings (SSSR count). The molecule has 25 heavy (non-hydrogen) atoms. The quantitative estimate of drug-likeness (QED) is 0.737. The summed E-state index contributed by atoms with van der Waals surface area (Å²) in [5.74, 6) is -0.310. The van der Waals surface area contributed by atoms with E-state index in [1.54, 1.807) is 30.5 Å². The fourth-order valence-electron chi connectivity index (χ4n) is 2.15. The lowest BCUT2D eigenvalue weighted by molar-refractivity contribution is 0.102. The Kier molecular flexibility index (Phi) is 4.76. The number of benzene rings is 2. The second-order valence-corrected chi connectivity index (χ2v) is 6.87. The Labute approximate surface area is 145 Å². The van der Waals surface area contributed by atoms with Crippen molar-refractivity contribution in [3.05, 3.63) is 84.7 Å². The molecule has 0 aliphatic heterocycles. The molecule has 0 saturated carbocycles. The van der Waals surface area contributed by atoms with E-state index >= 15 is 0 Å². The van der Waals surface area contributed by atoms with Crippen LogP contribution < -0.4 is 10.0 Å². The second-order valence-electron chi connectivity index (χ2n) is 5.19. The van der Waals surface area contributed by atoms with Crippen LogP contribution in [0.25, 0.3) is 0 Å². The minimum Gasteiger partial charge on any atom is -0.322 e. The van der Waals surface area contributed by atoms with Crippen LogP contribution >= 0.6 is 0 Å². The van der Waals surface area contributed by atoms with E-state index in [9.17, 15) is 13.2 Å². The van der Waals surface area contributed by atoms with Gasteiger partial charge in [-0.25, -0.2) is 8.42 Å². The highest BCUT2D eigenvalue weighted by Crippen LogP contribution is 2.16. The molecule has 3 aromatic rings.